The summed E-state index contributed by atoms with van der Waals surface area (Å²) in [5.74, 6) is -0.637. The molecule has 0 saturated carbocycles. The molecule has 1 aromatic heterocycles. The Labute approximate surface area is 125 Å². The average molecular weight is 303 g/mol. The number of nitro benzene ring substituents is 1. The van der Waals surface area contributed by atoms with Gasteiger partial charge in [-0.05, 0) is 6.92 Å². The predicted octanol–water partition coefficient (Wildman–Crippen LogP) is 1.83. The Bertz CT molecular complexity index is 723. The van der Waals surface area contributed by atoms with Crippen molar-refractivity contribution in [3.8, 4) is 0 Å². The SMILES string of the molecule is CCOC(=O)c1cc(C=O)nn1Cc1ccccc1[N+](=O)[O-]. The van der Waals surface area contributed by atoms with Crippen LogP contribution in [-0.2, 0) is 11.3 Å². The zero-order valence-corrected chi connectivity index (χ0v) is 11.8. The van der Waals surface area contributed by atoms with Gasteiger partial charge in [0.15, 0.2) is 6.29 Å². The number of para-hydroxylation sites is 1. The van der Waals surface area contributed by atoms with Crippen molar-refractivity contribution in [1.29, 1.82) is 0 Å². The highest BCUT2D eigenvalue weighted by molar-refractivity contribution is 5.89. The van der Waals surface area contributed by atoms with Crippen LogP contribution in [-0.4, -0.2) is 33.6 Å². The maximum absolute atomic E-state index is 11.9. The summed E-state index contributed by atoms with van der Waals surface area (Å²) in [6.45, 7) is 1.81. The van der Waals surface area contributed by atoms with E-state index >= 15 is 0 Å². The second kappa shape index (κ2) is 6.61. The molecule has 1 heterocycles. The van der Waals surface area contributed by atoms with E-state index < -0.39 is 10.9 Å². The summed E-state index contributed by atoms with van der Waals surface area (Å²) in [7, 11) is 0. The number of hydrogen-bond donors (Lipinski definition) is 0. The first-order valence-corrected chi connectivity index (χ1v) is 6.49. The highest BCUT2D eigenvalue weighted by atomic mass is 16.6. The summed E-state index contributed by atoms with van der Waals surface area (Å²) in [5, 5.41) is 15.0. The van der Waals surface area contributed by atoms with Crippen LogP contribution in [0.3, 0.4) is 0 Å². The van der Waals surface area contributed by atoms with Crippen molar-refractivity contribution in [3.63, 3.8) is 0 Å². The fourth-order valence-electron chi connectivity index (χ4n) is 1.97. The van der Waals surface area contributed by atoms with E-state index in [1.807, 2.05) is 0 Å². The van der Waals surface area contributed by atoms with Gasteiger partial charge < -0.3 is 4.74 Å². The van der Waals surface area contributed by atoms with Crippen molar-refractivity contribution < 1.29 is 19.2 Å². The van der Waals surface area contributed by atoms with Crippen LogP contribution in [0.2, 0.25) is 0 Å². The number of benzene rings is 1. The van der Waals surface area contributed by atoms with Crippen molar-refractivity contribution in [2.75, 3.05) is 6.61 Å². The zero-order chi connectivity index (χ0) is 16.1. The third-order valence-electron chi connectivity index (χ3n) is 2.91. The molecular formula is C14H13N3O5. The molecule has 0 spiro atoms. The number of nitro groups is 1. The lowest BCUT2D eigenvalue weighted by molar-refractivity contribution is -0.385. The minimum absolute atomic E-state index is 0.0147. The number of aromatic nitrogens is 2. The first-order chi connectivity index (χ1) is 10.6. The van der Waals surface area contributed by atoms with Crippen LogP contribution in [0, 0.1) is 10.1 Å². The van der Waals surface area contributed by atoms with Gasteiger partial charge in [-0.2, -0.15) is 5.10 Å². The number of nitrogens with zero attached hydrogens (tertiary/aromatic N) is 3. The first kappa shape index (κ1) is 15.4. The van der Waals surface area contributed by atoms with Crippen LogP contribution in [0.4, 0.5) is 5.69 Å². The minimum atomic E-state index is -0.637. The van der Waals surface area contributed by atoms with Crippen molar-refractivity contribution in [2.24, 2.45) is 0 Å². The lowest BCUT2D eigenvalue weighted by atomic mass is 10.2. The summed E-state index contributed by atoms with van der Waals surface area (Å²) < 4.78 is 6.12. The molecule has 8 heteroatoms. The van der Waals surface area contributed by atoms with E-state index in [1.165, 1.54) is 16.8 Å². The Balaban J connectivity index is 2.41. The fraction of sp³-hybridized carbons (Fsp3) is 0.214. The normalized spacial score (nSPS) is 10.2. The Morgan fingerprint density at radius 2 is 2.18 bits per heavy atom. The van der Waals surface area contributed by atoms with Crippen LogP contribution in [0.5, 0.6) is 0 Å². The van der Waals surface area contributed by atoms with E-state index in [0.717, 1.165) is 0 Å². The fourth-order valence-corrected chi connectivity index (χ4v) is 1.97. The van der Waals surface area contributed by atoms with E-state index in [9.17, 15) is 19.7 Å². The summed E-state index contributed by atoms with van der Waals surface area (Å²) in [4.78, 5) is 33.2. The van der Waals surface area contributed by atoms with Crippen LogP contribution < -0.4 is 0 Å². The molecule has 22 heavy (non-hydrogen) atoms. The molecule has 0 aliphatic carbocycles. The maximum Gasteiger partial charge on any atom is 0.356 e. The van der Waals surface area contributed by atoms with Crippen LogP contribution in [0.15, 0.2) is 30.3 Å². The Morgan fingerprint density at radius 1 is 1.45 bits per heavy atom. The van der Waals surface area contributed by atoms with Crippen LogP contribution in [0.25, 0.3) is 0 Å². The van der Waals surface area contributed by atoms with Gasteiger partial charge in [-0.1, -0.05) is 18.2 Å². The molecule has 0 atom stereocenters. The third-order valence-corrected chi connectivity index (χ3v) is 2.91. The summed E-state index contributed by atoms with van der Waals surface area (Å²) in [6.07, 6.45) is 0.499. The van der Waals surface area contributed by atoms with Gasteiger partial charge in [0.2, 0.25) is 0 Å². The van der Waals surface area contributed by atoms with E-state index in [-0.39, 0.29) is 30.2 Å². The summed E-state index contributed by atoms with van der Waals surface area (Å²) in [5.41, 5.74) is 0.419. The molecule has 2 rings (SSSR count). The molecule has 0 N–H and O–H groups in total. The molecule has 0 saturated heterocycles. The number of ether oxygens (including phenoxy) is 1. The highest BCUT2D eigenvalue weighted by Crippen LogP contribution is 2.19. The lowest BCUT2D eigenvalue weighted by Crippen LogP contribution is -2.14. The molecule has 114 valence electrons. The summed E-state index contributed by atoms with van der Waals surface area (Å²) >= 11 is 0. The first-order valence-electron chi connectivity index (χ1n) is 6.49. The van der Waals surface area contributed by atoms with Gasteiger partial charge in [0.25, 0.3) is 5.69 Å². The summed E-state index contributed by atoms with van der Waals surface area (Å²) in [6, 6.07) is 7.42. The van der Waals surface area contributed by atoms with Gasteiger partial charge in [0.1, 0.15) is 11.4 Å². The number of hydrogen-bond acceptors (Lipinski definition) is 6. The third kappa shape index (κ3) is 3.17. The van der Waals surface area contributed by atoms with E-state index in [2.05, 4.69) is 5.10 Å². The highest BCUT2D eigenvalue weighted by Gasteiger charge is 2.19. The largest absolute Gasteiger partial charge is 0.461 e. The van der Waals surface area contributed by atoms with Gasteiger partial charge in [-0.3, -0.25) is 19.6 Å². The van der Waals surface area contributed by atoms with E-state index in [4.69, 9.17) is 4.74 Å². The maximum atomic E-state index is 11.9. The van der Waals surface area contributed by atoms with Gasteiger partial charge in [0, 0.05) is 12.1 Å². The smallest absolute Gasteiger partial charge is 0.356 e. The molecule has 0 bridgehead atoms. The number of carbonyl (C=O) groups is 2. The molecule has 2 aromatic rings. The van der Waals surface area contributed by atoms with Crippen LogP contribution in [0.1, 0.15) is 33.5 Å². The molecular weight excluding hydrogens is 290 g/mol. The molecule has 0 aliphatic rings. The Morgan fingerprint density at radius 3 is 2.82 bits per heavy atom. The monoisotopic (exact) mass is 303 g/mol. The molecule has 8 nitrogen and oxygen atoms in total. The second-order valence-electron chi connectivity index (χ2n) is 4.34. The van der Waals surface area contributed by atoms with Crippen molar-refractivity contribution in [2.45, 2.75) is 13.5 Å². The Hall–Kier alpha value is -3.03. The average Bonchev–Trinajstić information content (AvgIpc) is 2.91. The van der Waals surface area contributed by atoms with Crippen LogP contribution >= 0.6 is 0 Å². The van der Waals surface area contributed by atoms with Crippen molar-refractivity contribution in [3.05, 3.63) is 57.4 Å². The second-order valence-corrected chi connectivity index (χ2v) is 4.34. The topological polar surface area (TPSA) is 104 Å². The van der Waals surface area contributed by atoms with E-state index in [1.54, 1.807) is 25.1 Å². The van der Waals surface area contributed by atoms with Gasteiger partial charge in [-0.15, -0.1) is 0 Å². The number of aldehydes is 1. The van der Waals surface area contributed by atoms with Gasteiger partial charge in [0.05, 0.1) is 23.6 Å². The van der Waals surface area contributed by atoms with Gasteiger partial charge >= 0.3 is 5.97 Å². The zero-order valence-electron chi connectivity index (χ0n) is 11.8. The molecule has 1 aromatic carbocycles. The number of carbonyl (C=O) groups excluding carboxylic acids is 2. The minimum Gasteiger partial charge on any atom is -0.461 e. The number of esters is 1. The quantitative estimate of drug-likeness (QED) is 0.349. The molecule has 0 radical (unpaired) electrons. The van der Waals surface area contributed by atoms with Crippen molar-refractivity contribution >= 4 is 17.9 Å². The predicted molar refractivity (Wildman–Crippen MR) is 75.8 cm³/mol. The molecule has 0 fully saturated rings. The molecule has 0 unspecified atom stereocenters. The van der Waals surface area contributed by atoms with E-state index in [0.29, 0.717) is 11.8 Å². The van der Waals surface area contributed by atoms with Gasteiger partial charge in [-0.25, -0.2) is 4.79 Å². The standard InChI is InChI=1S/C14H13N3O5/c1-2-22-14(19)13-7-11(9-18)15-16(13)8-10-5-3-4-6-12(10)17(20)21/h3-7,9H,2,8H2,1H3. The van der Waals surface area contributed by atoms with Crippen molar-refractivity contribution in [1.82, 2.24) is 9.78 Å². The molecule has 0 amide bonds. The molecule has 0 aliphatic heterocycles. The number of rotatable bonds is 6. The Kier molecular flexibility index (Phi) is 4.62. The lowest BCUT2D eigenvalue weighted by Gasteiger charge is -2.07.